The highest BCUT2D eigenvalue weighted by atomic mass is 35.5. The summed E-state index contributed by atoms with van der Waals surface area (Å²) in [7, 11) is 0. The minimum Gasteiger partial charge on any atom is -0.442 e. The molecule has 1 fully saturated rings. The fourth-order valence-electron chi connectivity index (χ4n) is 2.53. The van der Waals surface area contributed by atoms with Gasteiger partial charge in [0.15, 0.2) is 16.8 Å². The molecule has 1 aliphatic rings. The third-order valence-corrected chi connectivity index (χ3v) is 3.91. The lowest BCUT2D eigenvalue weighted by molar-refractivity contribution is 0.0273. The van der Waals surface area contributed by atoms with Crippen LogP contribution in [0.1, 0.15) is 27.2 Å². The molecule has 1 saturated heterocycles. The number of hydrogen-bond acceptors (Lipinski definition) is 6. The number of fused-ring (bicyclic) bond motifs is 1. The molecule has 7 nitrogen and oxygen atoms in total. The highest BCUT2D eigenvalue weighted by Gasteiger charge is 2.33. The Labute approximate surface area is 153 Å². The lowest BCUT2D eigenvalue weighted by atomic mass is 10.2. The molecule has 1 amide bonds. The molecule has 2 aromatic heterocycles. The van der Waals surface area contributed by atoms with Gasteiger partial charge in [0, 0.05) is 19.3 Å². The van der Waals surface area contributed by atoms with Crippen LogP contribution in [0.4, 0.5) is 15.0 Å². The number of nitrogens with zero attached hydrogens (tertiary/aromatic N) is 5. The van der Waals surface area contributed by atoms with E-state index in [1.807, 2.05) is 0 Å². The molecule has 10 heteroatoms. The van der Waals surface area contributed by atoms with E-state index in [1.165, 1.54) is 11.2 Å². The summed E-state index contributed by atoms with van der Waals surface area (Å²) in [5, 5.41) is 2.86. The minimum absolute atomic E-state index is 0.0500. The molecule has 0 saturated carbocycles. The van der Waals surface area contributed by atoms with Gasteiger partial charge < -0.3 is 4.74 Å². The van der Waals surface area contributed by atoms with Gasteiger partial charge in [0.1, 0.15) is 11.1 Å². The molecule has 0 atom stereocenters. The van der Waals surface area contributed by atoms with Crippen LogP contribution in [0.3, 0.4) is 0 Å². The summed E-state index contributed by atoms with van der Waals surface area (Å²) in [4.78, 5) is 24.3. The summed E-state index contributed by atoms with van der Waals surface area (Å²) in [5.74, 6) is -0.505. The largest absolute Gasteiger partial charge is 0.442 e. The maximum Gasteiger partial charge on any atom is 0.429 e. The second kappa shape index (κ2) is 6.42. The third-order valence-electron chi connectivity index (χ3n) is 3.47. The Morgan fingerprint density at radius 3 is 2.68 bits per heavy atom. The minimum atomic E-state index is -0.785. The van der Waals surface area contributed by atoms with Crippen LogP contribution >= 0.6 is 23.2 Å². The SMILES string of the molecule is CC(C)(C)OC(=O)N1CCCN1c1nc(Cl)nc2c(F)c(Cl)ncc12. The molecule has 0 aromatic carbocycles. The fraction of sp³-hybridized carbons (Fsp3) is 0.467. The molecule has 0 radical (unpaired) electrons. The Balaban J connectivity index is 2.06. The van der Waals surface area contributed by atoms with Gasteiger partial charge in [-0.15, -0.1) is 0 Å². The summed E-state index contributed by atoms with van der Waals surface area (Å²) < 4.78 is 19.7. The number of ether oxygens (including phenoxy) is 1. The normalized spacial score (nSPS) is 15.1. The predicted molar refractivity (Wildman–Crippen MR) is 92.2 cm³/mol. The second-order valence-electron chi connectivity index (χ2n) is 6.52. The van der Waals surface area contributed by atoms with Crippen LogP contribution in [0.15, 0.2) is 6.20 Å². The van der Waals surface area contributed by atoms with E-state index in [2.05, 4.69) is 15.0 Å². The quantitative estimate of drug-likeness (QED) is 0.546. The topological polar surface area (TPSA) is 71.5 Å². The number of hydrazine groups is 1. The van der Waals surface area contributed by atoms with Crippen molar-refractivity contribution in [3.05, 3.63) is 22.5 Å². The van der Waals surface area contributed by atoms with Crippen molar-refractivity contribution < 1.29 is 13.9 Å². The van der Waals surface area contributed by atoms with Gasteiger partial charge in [0.2, 0.25) is 5.28 Å². The van der Waals surface area contributed by atoms with Crippen molar-refractivity contribution >= 4 is 46.0 Å². The molecule has 25 heavy (non-hydrogen) atoms. The zero-order chi connectivity index (χ0) is 18.4. The van der Waals surface area contributed by atoms with Crippen molar-refractivity contribution in [3.63, 3.8) is 0 Å². The second-order valence-corrected chi connectivity index (χ2v) is 7.22. The summed E-state index contributed by atoms with van der Waals surface area (Å²) in [6.45, 7) is 6.28. The monoisotopic (exact) mass is 387 g/mol. The number of carbonyl (C=O) groups excluding carboxylic acids is 1. The van der Waals surface area contributed by atoms with Crippen molar-refractivity contribution in [2.24, 2.45) is 0 Å². The first-order chi connectivity index (χ1) is 11.7. The molecule has 0 spiro atoms. The van der Waals surface area contributed by atoms with Crippen LogP contribution in [-0.4, -0.2) is 44.7 Å². The number of aromatic nitrogens is 3. The van der Waals surface area contributed by atoms with Crippen molar-refractivity contribution in [3.8, 4) is 0 Å². The van der Waals surface area contributed by atoms with Crippen LogP contribution < -0.4 is 5.01 Å². The Bertz CT molecular complexity index is 843. The molecule has 2 aromatic rings. The van der Waals surface area contributed by atoms with E-state index in [-0.39, 0.29) is 21.8 Å². The van der Waals surface area contributed by atoms with Gasteiger partial charge in [-0.2, -0.15) is 4.98 Å². The number of halogens is 3. The number of hydrogen-bond donors (Lipinski definition) is 0. The highest BCUT2D eigenvalue weighted by molar-refractivity contribution is 6.30. The van der Waals surface area contributed by atoms with Gasteiger partial charge in [-0.3, -0.25) is 5.01 Å². The summed E-state index contributed by atoms with van der Waals surface area (Å²) >= 11 is 11.7. The third kappa shape index (κ3) is 3.55. The van der Waals surface area contributed by atoms with Gasteiger partial charge in [-0.25, -0.2) is 24.2 Å². The van der Waals surface area contributed by atoms with Crippen LogP contribution in [0.25, 0.3) is 10.9 Å². The summed E-state index contributed by atoms with van der Waals surface area (Å²) in [6.07, 6.45) is 1.54. The van der Waals surface area contributed by atoms with Crippen LogP contribution in [0.5, 0.6) is 0 Å². The average molecular weight is 388 g/mol. The lowest BCUT2D eigenvalue weighted by Crippen LogP contribution is -2.44. The number of rotatable bonds is 1. The Morgan fingerprint density at radius 1 is 1.28 bits per heavy atom. The van der Waals surface area contributed by atoms with Gasteiger partial charge in [-0.1, -0.05) is 11.6 Å². The Kier molecular flexibility index (Phi) is 4.59. The molecule has 3 heterocycles. The first kappa shape index (κ1) is 17.9. The molecule has 0 unspecified atom stereocenters. The zero-order valence-corrected chi connectivity index (χ0v) is 15.4. The fourth-order valence-corrected chi connectivity index (χ4v) is 2.83. The maximum absolute atomic E-state index is 14.3. The first-order valence-corrected chi connectivity index (χ1v) is 8.38. The number of carbonyl (C=O) groups is 1. The van der Waals surface area contributed by atoms with E-state index in [9.17, 15) is 9.18 Å². The number of pyridine rings is 1. The standard InChI is InChI=1S/C15H16Cl2FN5O2/c1-15(2,3)25-14(24)23-6-4-5-22(23)12-8-7-19-11(16)9(18)10(8)20-13(17)21-12/h7H,4-6H2,1-3H3. The molecular formula is C15H16Cl2FN5O2. The Morgan fingerprint density at radius 2 is 2.00 bits per heavy atom. The van der Waals surface area contributed by atoms with Gasteiger partial charge in [0.25, 0.3) is 0 Å². The van der Waals surface area contributed by atoms with Gasteiger partial charge in [-0.05, 0) is 38.8 Å². The van der Waals surface area contributed by atoms with Crippen molar-refractivity contribution in [1.82, 2.24) is 20.0 Å². The van der Waals surface area contributed by atoms with Gasteiger partial charge in [0.05, 0.1) is 5.39 Å². The van der Waals surface area contributed by atoms with Crippen molar-refractivity contribution in [2.45, 2.75) is 32.8 Å². The summed E-state index contributed by atoms with van der Waals surface area (Å²) in [5.41, 5.74) is -0.691. The number of anilines is 1. The number of amides is 1. The molecule has 0 aliphatic carbocycles. The smallest absolute Gasteiger partial charge is 0.429 e. The first-order valence-electron chi connectivity index (χ1n) is 7.62. The van der Waals surface area contributed by atoms with Gasteiger partial charge >= 0.3 is 6.09 Å². The van der Waals surface area contributed by atoms with E-state index >= 15 is 0 Å². The van der Waals surface area contributed by atoms with E-state index in [4.69, 9.17) is 27.9 Å². The molecule has 0 N–H and O–H groups in total. The van der Waals surface area contributed by atoms with Crippen LogP contribution in [0.2, 0.25) is 10.4 Å². The van der Waals surface area contributed by atoms with E-state index in [0.29, 0.717) is 24.9 Å². The van der Waals surface area contributed by atoms with E-state index < -0.39 is 17.5 Å². The Hall–Kier alpha value is -1.93. The molecule has 134 valence electrons. The molecular weight excluding hydrogens is 372 g/mol. The highest BCUT2D eigenvalue weighted by Crippen LogP contribution is 2.32. The molecule has 0 bridgehead atoms. The van der Waals surface area contributed by atoms with Crippen molar-refractivity contribution in [2.75, 3.05) is 18.1 Å². The van der Waals surface area contributed by atoms with E-state index in [1.54, 1.807) is 25.8 Å². The predicted octanol–water partition coefficient (Wildman–Crippen LogP) is 3.83. The lowest BCUT2D eigenvalue weighted by Gasteiger charge is -2.31. The molecule has 1 aliphatic heterocycles. The van der Waals surface area contributed by atoms with Crippen LogP contribution in [0, 0.1) is 5.82 Å². The van der Waals surface area contributed by atoms with Crippen molar-refractivity contribution in [1.29, 1.82) is 0 Å². The zero-order valence-electron chi connectivity index (χ0n) is 13.9. The maximum atomic E-state index is 14.3. The van der Waals surface area contributed by atoms with E-state index in [0.717, 1.165) is 0 Å². The average Bonchev–Trinajstić information content (AvgIpc) is 2.98. The molecule has 3 rings (SSSR count). The van der Waals surface area contributed by atoms with Crippen LogP contribution in [-0.2, 0) is 4.74 Å². The summed E-state index contributed by atoms with van der Waals surface area (Å²) in [6, 6.07) is 0.